The van der Waals surface area contributed by atoms with Crippen LogP contribution in [0.4, 0.5) is 39.5 Å². The van der Waals surface area contributed by atoms with Crippen LogP contribution in [0.5, 0.6) is 0 Å². The molecule has 1 unspecified atom stereocenters. The molecule has 0 spiro atoms. The fraction of sp³-hybridized carbons (Fsp3) is 0.450. The molecule has 1 aliphatic rings. The number of aliphatic carboxylic acids is 3. The minimum Gasteiger partial charge on any atom is -0.475 e. The van der Waals surface area contributed by atoms with Crippen molar-refractivity contribution >= 4 is 34.8 Å². The van der Waals surface area contributed by atoms with Crippen LogP contribution in [0.15, 0.2) is 18.2 Å². The van der Waals surface area contributed by atoms with Crippen molar-refractivity contribution in [1.82, 2.24) is 14.9 Å². The third kappa shape index (κ3) is 11.3. The molecule has 1 aromatic carbocycles. The van der Waals surface area contributed by atoms with E-state index in [4.69, 9.17) is 35.4 Å². The van der Waals surface area contributed by atoms with Gasteiger partial charge in [-0.3, -0.25) is 4.79 Å². The van der Waals surface area contributed by atoms with Gasteiger partial charge in [-0.1, -0.05) is 13.0 Å². The highest BCUT2D eigenvalue weighted by atomic mass is 19.4. The molecule has 1 aliphatic heterocycles. The van der Waals surface area contributed by atoms with Crippen molar-refractivity contribution < 1.29 is 74.0 Å². The number of carbonyl (C=O) groups is 4. The van der Waals surface area contributed by atoms with Crippen molar-refractivity contribution in [3.8, 4) is 0 Å². The Balaban J connectivity index is 0.000000603. The summed E-state index contributed by atoms with van der Waals surface area (Å²) in [6, 6.07) is 5.48. The summed E-state index contributed by atoms with van der Waals surface area (Å²) in [4.78, 5) is 48.4. The zero-order valence-electron chi connectivity index (χ0n) is 20.2. The zero-order valence-corrected chi connectivity index (χ0v) is 20.2. The number of amides is 1. The van der Waals surface area contributed by atoms with Crippen molar-refractivity contribution in [2.24, 2.45) is 5.73 Å². The highest BCUT2D eigenvalue weighted by Crippen LogP contribution is 2.33. The largest absolute Gasteiger partial charge is 0.490 e. The SMILES string of the molecule is CN1CCC(C)(c2nc3c(C(N)=O)cccc3[nH]2)C1.O=C(O)C(F)(F)F.O=C(O)C(F)(F)F.O=C(O)C(F)(F)F. The number of imidazole rings is 1. The number of H-pyrrole nitrogens is 1. The number of hydrogen-bond acceptors (Lipinski definition) is 6. The Morgan fingerprint density at radius 1 is 0.900 bits per heavy atom. The Hall–Kier alpha value is -4.10. The standard InChI is InChI=1S/C14H18N4O.3C2HF3O2/c1-14(6-7-18(2)8-14)13-16-10-5-3-4-9(12(15)19)11(10)17-13;3*3-2(4,5)1(6)7/h3-5H,6-8H2,1-2H3,(H2,15,19)(H,16,17);3*(H,6,7). The molecule has 3 rings (SSSR count). The Bertz CT molecular complexity index is 1150. The van der Waals surface area contributed by atoms with E-state index in [-0.39, 0.29) is 5.41 Å². The van der Waals surface area contributed by atoms with Gasteiger partial charge in [0, 0.05) is 12.0 Å². The molecule has 20 heteroatoms. The Morgan fingerprint density at radius 3 is 1.60 bits per heavy atom. The van der Waals surface area contributed by atoms with Crippen LogP contribution in [0.1, 0.15) is 29.5 Å². The number of likely N-dealkylation sites (tertiary alicyclic amines) is 1. The van der Waals surface area contributed by atoms with Crippen LogP contribution in [-0.2, 0) is 19.8 Å². The predicted molar refractivity (Wildman–Crippen MR) is 115 cm³/mol. The van der Waals surface area contributed by atoms with Crippen LogP contribution in [-0.4, -0.2) is 92.7 Å². The van der Waals surface area contributed by atoms with Gasteiger partial charge >= 0.3 is 36.4 Å². The Kier molecular flexibility index (Phi) is 11.9. The number of alkyl halides is 9. The number of fused-ring (bicyclic) bond motifs is 1. The molecular weight excluding hydrogens is 579 g/mol. The molecule has 1 fully saturated rings. The Labute approximate surface area is 217 Å². The maximum Gasteiger partial charge on any atom is 0.490 e. The van der Waals surface area contributed by atoms with Gasteiger partial charge in [0.1, 0.15) is 11.3 Å². The normalized spacial score (nSPS) is 17.4. The van der Waals surface area contributed by atoms with Crippen LogP contribution >= 0.6 is 0 Å². The second-order valence-electron chi connectivity index (χ2n) is 8.11. The second kappa shape index (κ2) is 13.3. The number of aromatic amines is 1. The smallest absolute Gasteiger partial charge is 0.475 e. The summed E-state index contributed by atoms with van der Waals surface area (Å²) in [5.74, 6) is -7.76. The monoisotopic (exact) mass is 600 g/mol. The number of benzene rings is 1. The molecule has 1 atom stereocenters. The first-order chi connectivity index (χ1) is 17.8. The quantitative estimate of drug-likeness (QED) is 0.323. The summed E-state index contributed by atoms with van der Waals surface area (Å²) < 4.78 is 95.2. The molecule has 6 N–H and O–H groups in total. The topological polar surface area (TPSA) is 187 Å². The van der Waals surface area contributed by atoms with Crippen molar-refractivity contribution in [1.29, 1.82) is 0 Å². The number of aromatic nitrogens is 2. The first-order valence-electron chi connectivity index (χ1n) is 10.2. The fourth-order valence-corrected chi connectivity index (χ4v) is 2.90. The van der Waals surface area contributed by atoms with Gasteiger partial charge in [-0.05, 0) is 32.1 Å². The third-order valence-electron chi connectivity index (χ3n) is 4.74. The first-order valence-corrected chi connectivity index (χ1v) is 10.2. The average molecular weight is 600 g/mol. The van der Waals surface area contributed by atoms with Crippen LogP contribution in [0.2, 0.25) is 0 Å². The van der Waals surface area contributed by atoms with Crippen molar-refractivity contribution in [3.63, 3.8) is 0 Å². The van der Waals surface area contributed by atoms with Gasteiger partial charge in [0.05, 0.1) is 11.1 Å². The maximum absolute atomic E-state index is 11.4. The van der Waals surface area contributed by atoms with Gasteiger partial charge in [-0.15, -0.1) is 0 Å². The number of primary amides is 1. The van der Waals surface area contributed by atoms with Gasteiger partial charge in [-0.2, -0.15) is 39.5 Å². The molecule has 1 saturated heterocycles. The molecule has 1 amide bonds. The highest BCUT2D eigenvalue weighted by Gasteiger charge is 2.39. The molecule has 2 aromatic rings. The average Bonchev–Trinajstić information content (AvgIpc) is 3.36. The molecule has 11 nitrogen and oxygen atoms in total. The number of carbonyl (C=O) groups excluding carboxylic acids is 1. The Morgan fingerprint density at radius 2 is 1.30 bits per heavy atom. The fourth-order valence-electron chi connectivity index (χ4n) is 2.90. The van der Waals surface area contributed by atoms with E-state index in [1.807, 2.05) is 12.1 Å². The molecule has 2 heterocycles. The van der Waals surface area contributed by atoms with E-state index in [9.17, 15) is 44.3 Å². The lowest BCUT2D eigenvalue weighted by molar-refractivity contribution is -0.193. The lowest BCUT2D eigenvalue weighted by atomic mass is 9.89. The molecule has 226 valence electrons. The minimum atomic E-state index is -5.08. The number of hydrogen-bond donors (Lipinski definition) is 5. The van der Waals surface area contributed by atoms with Gasteiger partial charge in [-0.25, -0.2) is 19.4 Å². The van der Waals surface area contributed by atoms with E-state index >= 15 is 0 Å². The number of carboxylic acids is 3. The molecule has 40 heavy (non-hydrogen) atoms. The van der Waals surface area contributed by atoms with E-state index in [0.717, 1.165) is 30.9 Å². The summed E-state index contributed by atoms with van der Waals surface area (Å²) in [5, 5.41) is 21.4. The van der Waals surface area contributed by atoms with E-state index < -0.39 is 42.3 Å². The van der Waals surface area contributed by atoms with Crippen molar-refractivity contribution in [2.45, 2.75) is 37.3 Å². The number of rotatable bonds is 2. The molecule has 0 aliphatic carbocycles. The number of nitrogens with one attached hydrogen (secondary N) is 1. The molecule has 0 bridgehead atoms. The number of carboxylic acid groups (broad SMARTS) is 3. The van der Waals surface area contributed by atoms with Gasteiger partial charge in [0.15, 0.2) is 0 Å². The van der Waals surface area contributed by atoms with E-state index in [1.165, 1.54) is 0 Å². The maximum atomic E-state index is 11.4. The van der Waals surface area contributed by atoms with Gasteiger partial charge in [0.2, 0.25) is 0 Å². The minimum absolute atomic E-state index is 0.0166. The zero-order chi connectivity index (χ0) is 31.9. The summed E-state index contributed by atoms with van der Waals surface area (Å²) in [6.07, 6.45) is -14.2. The molecular formula is C20H21F9N4O7. The highest BCUT2D eigenvalue weighted by molar-refractivity contribution is 6.04. The van der Waals surface area contributed by atoms with E-state index in [2.05, 4.69) is 28.8 Å². The van der Waals surface area contributed by atoms with Crippen LogP contribution in [0.3, 0.4) is 0 Å². The molecule has 0 saturated carbocycles. The van der Waals surface area contributed by atoms with E-state index in [0.29, 0.717) is 11.1 Å². The number of halogens is 9. The summed E-state index contributed by atoms with van der Waals surface area (Å²) in [5.41, 5.74) is 7.45. The van der Waals surface area contributed by atoms with Crippen LogP contribution in [0.25, 0.3) is 11.0 Å². The number of nitrogens with two attached hydrogens (primary N) is 1. The lowest BCUT2D eigenvalue weighted by Crippen LogP contribution is -2.27. The van der Waals surface area contributed by atoms with Crippen LogP contribution < -0.4 is 5.73 Å². The summed E-state index contributed by atoms with van der Waals surface area (Å²) in [7, 11) is 2.11. The summed E-state index contributed by atoms with van der Waals surface area (Å²) in [6.45, 7) is 4.24. The number of para-hydroxylation sites is 1. The third-order valence-corrected chi connectivity index (χ3v) is 4.74. The lowest BCUT2D eigenvalue weighted by Gasteiger charge is -2.20. The molecule has 1 aromatic heterocycles. The van der Waals surface area contributed by atoms with Gasteiger partial charge in [0.25, 0.3) is 5.91 Å². The van der Waals surface area contributed by atoms with Crippen molar-refractivity contribution in [2.75, 3.05) is 20.1 Å². The summed E-state index contributed by atoms with van der Waals surface area (Å²) >= 11 is 0. The van der Waals surface area contributed by atoms with Crippen molar-refractivity contribution in [3.05, 3.63) is 29.6 Å². The first kappa shape index (κ1) is 35.9. The number of likely N-dealkylation sites (N-methyl/N-ethyl adjacent to an activating group) is 1. The van der Waals surface area contributed by atoms with E-state index in [1.54, 1.807) is 6.07 Å². The predicted octanol–water partition coefficient (Wildman–Crippen LogP) is 3.15. The van der Waals surface area contributed by atoms with Crippen LogP contribution in [0, 0.1) is 0 Å². The second-order valence-corrected chi connectivity index (χ2v) is 8.11. The van der Waals surface area contributed by atoms with Gasteiger partial charge < -0.3 is 30.9 Å². The molecule has 0 radical (unpaired) electrons. The number of nitrogens with zero attached hydrogens (tertiary/aromatic N) is 2.